The van der Waals surface area contributed by atoms with E-state index in [1.54, 1.807) is 16.8 Å². The smallest absolute Gasteiger partial charge is 0.324 e. The molecule has 0 radical (unpaired) electrons. The van der Waals surface area contributed by atoms with E-state index < -0.39 is 0 Å². The zero-order valence-electron chi connectivity index (χ0n) is 11.7. The Labute approximate surface area is 113 Å². The number of nitrogens with two attached hydrogens (primary N) is 1. The van der Waals surface area contributed by atoms with Gasteiger partial charge in [0.1, 0.15) is 5.75 Å². The first kappa shape index (κ1) is 13.7. The molecule has 1 aromatic rings. The maximum absolute atomic E-state index is 12.1. The van der Waals surface area contributed by atoms with Gasteiger partial charge in [0.2, 0.25) is 0 Å². The van der Waals surface area contributed by atoms with Crippen molar-refractivity contribution in [3.63, 3.8) is 0 Å². The molecule has 2 amide bonds. The van der Waals surface area contributed by atoms with Gasteiger partial charge < -0.3 is 15.4 Å². The van der Waals surface area contributed by atoms with Gasteiger partial charge in [0.25, 0.3) is 0 Å². The van der Waals surface area contributed by atoms with Crippen molar-refractivity contribution >= 4 is 11.7 Å². The Morgan fingerprint density at radius 3 is 2.47 bits per heavy atom. The van der Waals surface area contributed by atoms with Gasteiger partial charge in [-0.15, -0.1) is 0 Å². The average Bonchev–Trinajstić information content (AvgIpc) is 2.66. The van der Waals surface area contributed by atoms with Crippen molar-refractivity contribution in [1.82, 2.24) is 4.90 Å². The molecule has 1 fully saturated rings. The second-order valence-electron chi connectivity index (χ2n) is 5.05. The number of hydrogen-bond donors (Lipinski definition) is 1. The molecule has 1 saturated heterocycles. The van der Waals surface area contributed by atoms with E-state index in [9.17, 15) is 4.79 Å². The summed E-state index contributed by atoms with van der Waals surface area (Å²) in [6.45, 7) is 5.08. The molecule has 1 atom stereocenters. The van der Waals surface area contributed by atoms with E-state index in [2.05, 4.69) is 0 Å². The van der Waals surface area contributed by atoms with Crippen LogP contribution in [0.15, 0.2) is 24.3 Å². The van der Waals surface area contributed by atoms with E-state index >= 15 is 0 Å². The Morgan fingerprint density at radius 2 is 2.00 bits per heavy atom. The summed E-state index contributed by atoms with van der Waals surface area (Å²) in [6, 6.07) is 7.66. The lowest BCUT2D eigenvalue weighted by Crippen LogP contribution is -2.35. The van der Waals surface area contributed by atoms with Crippen molar-refractivity contribution in [2.24, 2.45) is 5.73 Å². The molecule has 2 rings (SSSR count). The van der Waals surface area contributed by atoms with Crippen LogP contribution in [0.5, 0.6) is 5.75 Å². The largest absolute Gasteiger partial charge is 0.491 e. The quantitative estimate of drug-likeness (QED) is 0.899. The Morgan fingerprint density at radius 1 is 1.37 bits per heavy atom. The van der Waals surface area contributed by atoms with E-state index in [4.69, 9.17) is 10.5 Å². The van der Waals surface area contributed by atoms with Crippen LogP contribution >= 0.6 is 0 Å². The summed E-state index contributed by atoms with van der Waals surface area (Å²) in [5.41, 5.74) is 6.54. The Balaban J connectivity index is 2.12. The summed E-state index contributed by atoms with van der Waals surface area (Å²) >= 11 is 0. The van der Waals surface area contributed by atoms with Crippen LogP contribution in [0, 0.1) is 0 Å². The molecule has 5 nitrogen and oxygen atoms in total. The molecule has 1 aliphatic rings. The molecule has 5 heteroatoms. The zero-order chi connectivity index (χ0) is 14.0. The molecule has 19 heavy (non-hydrogen) atoms. The molecule has 0 aliphatic carbocycles. The van der Waals surface area contributed by atoms with Crippen LogP contribution in [0.1, 0.15) is 13.8 Å². The lowest BCUT2D eigenvalue weighted by molar-refractivity contribution is 0.219. The first-order valence-electron chi connectivity index (χ1n) is 6.54. The summed E-state index contributed by atoms with van der Waals surface area (Å²) in [5.74, 6) is 0.814. The highest BCUT2D eigenvalue weighted by atomic mass is 16.5. The van der Waals surface area contributed by atoms with Crippen molar-refractivity contribution in [2.45, 2.75) is 26.0 Å². The SMILES string of the molecule is CC(C)Oc1ccc(N2CC(CN)N(C)C2=O)cc1. The Hall–Kier alpha value is -1.75. The molecule has 1 aliphatic heterocycles. The fraction of sp³-hybridized carbons (Fsp3) is 0.500. The van der Waals surface area contributed by atoms with E-state index in [1.165, 1.54) is 0 Å². The first-order chi connectivity index (χ1) is 9.02. The molecular weight excluding hydrogens is 242 g/mol. The molecule has 2 N–H and O–H groups in total. The third-order valence-corrected chi connectivity index (χ3v) is 3.27. The van der Waals surface area contributed by atoms with Crippen molar-refractivity contribution in [3.05, 3.63) is 24.3 Å². The minimum absolute atomic E-state index is 0.00650. The lowest BCUT2D eigenvalue weighted by Gasteiger charge is -2.17. The summed E-state index contributed by atoms with van der Waals surface area (Å²) < 4.78 is 5.59. The molecule has 1 aromatic carbocycles. The monoisotopic (exact) mass is 263 g/mol. The molecule has 104 valence electrons. The number of hydrogen-bond acceptors (Lipinski definition) is 3. The van der Waals surface area contributed by atoms with Crippen LogP contribution in [-0.4, -0.2) is 43.2 Å². The normalized spacial score (nSPS) is 19.4. The van der Waals surface area contributed by atoms with Gasteiger partial charge in [0, 0.05) is 25.8 Å². The second-order valence-corrected chi connectivity index (χ2v) is 5.05. The van der Waals surface area contributed by atoms with Gasteiger partial charge >= 0.3 is 6.03 Å². The number of likely N-dealkylation sites (N-methyl/N-ethyl adjacent to an activating group) is 1. The third kappa shape index (κ3) is 2.81. The van der Waals surface area contributed by atoms with E-state index in [1.807, 2.05) is 38.1 Å². The van der Waals surface area contributed by atoms with Crippen LogP contribution < -0.4 is 15.4 Å². The lowest BCUT2D eigenvalue weighted by atomic mass is 10.2. The van der Waals surface area contributed by atoms with Gasteiger partial charge in [0.15, 0.2) is 0 Å². The van der Waals surface area contributed by atoms with Crippen LogP contribution in [0.2, 0.25) is 0 Å². The van der Waals surface area contributed by atoms with Gasteiger partial charge in [-0.05, 0) is 38.1 Å². The molecule has 0 spiro atoms. The first-order valence-corrected chi connectivity index (χ1v) is 6.54. The highest BCUT2D eigenvalue weighted by Gasteiger charge is 2.34. The summed E-state index contributed by atoms with van der Waals surface area (Å²) in [4.78, 5) is 15.5. The molecule has 0 aromatic heterocycles. The van der Waals surface area contributed by atoms with Crippen LogP contribution in [0.3, 0.4) is 0 Å². The number of anilines is 1. The number of amides is 2. The minimum Gasteiger partial charge on any atom is -0.491 e. The van der Waals surface area contributed by atoms with Crippen molar-refractivity contribution in [1.29, 1.82) is 0 Å². The van der Waals surface area contributed by atoms with Gasteiger partial charge in [-0.2, -0.15) is 0 Å². The van der Waals surface area contributed by atoms with Gasteiger partial charge in [-0.25, -0.2) is 4.79 Å². The standard InChI is InChI=1S/C14H21N3O2/c1-10(2)19-13-6-4-11(5-7-13)17-9-12(8-15)16(3)14(17)18/h4-7,10,12H,8-9,15H2,1-3H3. The van der Waals surface area contributed by atoms with Gasteiger partial charge in [-0.3, -0.25) is 4.90 Å². The molecule has 0 saturated carbocycles. The summed E-state index contributed by atoms with van der Waals surface area (Å²) in [5, 5.41) is 0. The van der Waals surface area contributed by atoms with Crippen molar-refractivity contribution < 1.29 is 9.53 Å². The highest BCUT2D eigenvalue weighted by molar-refractivity contribution is 5.94. The molecule has 0 bridgehead atoms. The van der Waals surface area contributed by atoms with E-state index in [0.717, 1.165) is 11.4 Å². The Kier molecular flexibility index (Phi) is 3.95. The van der Waals surface area contributed by atoms with E-state index in [-0.39, 0.29) is 18.2 Å². The molecular formula is C14H21N3O2. The number of rotatable bonds is 4. The van der Waals surface area contributed by atoms with Crippen LogP contribution in [-0.2, 0) is 0 Å². The highest BCUT2D eigenvalue weighted by Crippen LogP contribution is 2.25. The number of urea groups is 1. The predicted molar refractivity (Wildman–Crippen MR) is 75.6 cm³/mol. The second kappa shape index (κ2) is 5.48. The molecule has 1 heterocycles. The fourth-order valence-electron chi connectivity index (χ4n) is 2.18. The number of benzene rings is 1. The minimum atomic E-state index is -0.00650. The predicted octanol–water partition coefficient (Wildman–Crippen LogP) is 1.67. The number of carbonyl (C=O) groups is 1. The van der Waals surface area contributed by atoms with Crippen LogP contribution in [0.4, 0.5) is 10.5 Å². The van der Waals surface area contributed by atoms with E-state index in [0.29, 0.717) is 13.1 Å². The van der Waals surface area contributed by atoms with Gasteiger partial charge in [0.05, 0.1) is 12.1 Å². The maximum atomic E-state index is 12.1. The summed E-state index contributed by atoms with van der Waals surface area (Å²) in [7, 11) is 1.79. The van der Waals surface area contributed by atoms with Crippen molar-refractivity contribution in [3.8, 4) is 5.75 Å². The zero-order valence-corrected chi connectivity index (χ0v) is 11.7. The van der Waals surface area contributed by atoms with Crippen molar-refractivity contribution in [2.75, 3.05) is 25.0 Å². The maximum Gasteiger partial charge on any atom is 0.324 e. The third-order valence-electron chi connectivity index (χ3n) is 3.27. The topological polar surface area (TPSA) is 58.8 Å². The summed E-state index contributed by atoms with van der Waals surface area (Å²) in [6.07, 6.45) is 0.145. The number of ether oxygens (including phenoxy) is 1. The Bertz CT molecular complexity index is 445. The molecule has 1 unspecified atom stereocenters. The fourth-order valence-corrected chi connectivity index (χ4v) is 2.18. The number of nitrogens with zero attached hydrogens (tertiary/aromatic N) is 2. The number of carbonyl (C=O) groups excluding carboxylic acids is 1. The average molecular weight is 263 g/mol. The van der Waals surface area contributed by atoms with Crippen LogP contribution in [0.25, 0.3) is 0 Å². The van der Waals surface area contributed by atoms with Gasteiger partial charge in [-0.1, -0.05) is 0 Å².